The summed E-state index contributed by atoms with van der Waals surface area (Å²) in [5.41, 5.74) is 2.91. The van der Waals surface area contributed by atoms with Crippen LogP contribution in [0.4, 0.5) is 0 Å². The molecule has 0 unspecified atom stereocenters. The van der Waals surface area contributed by atoms with Crippen LogP contribution in [0.3, 0.4) is 0 Å². The molecule has 25 heavy (non-hydrogen) atoms. The SMILES string of the molecule is Oc1c(Cl)cc(Cl)cc1C=NCc1ccc(CN2CCOCC2)cc1. The zero-order valence-electron chi connectivity index (χ0n) is 13.8. The number of benzene rings is 2. The van der Waals surface area contributed by atoms with E-state index < -0.39 is 0 Å². The van der Waals surface area contributed by atoms with E-state index >= 15 is 0 Å². The maximum atomic E-state index is 9.92. The van der Waals surface area contributed by atoms with Crippen LogP contribution in [0.15, 0.2) is 41.4 Å². The molecule has 6 heteroatoms. The van der Waals surface area contributed by atoms with Crippen molar-refractivity contribution < 1.29 is 9.84 Å². The molecule has 1 heterocycles. The van der Waals surface area contributed by atoms with E-state index in [9.17, 15) is 5.11 Å². The molecule has 1 aliphatic rings. The Morgan fingerprint density at radius 3 is 2.48 bits per heavy atom. The first-order valence-corrected chi connectivity index (χ1v) is 8.93. The molecule has 3 rings (SSSR count). The number of halogens is 2. The lowest BCUT2D eigenvalue weighted by Gasteiger charge is -2.26. The van der Waals surface area contributed by atoms with Gasteiger partial charge in [0.15, 0.2) is 0 Å². The molecule has 4 nitrogen and oxygen atoms in total. The molecular formula is C19H20Cl2N2O2. The zero-order chi connectivity index (χ0) is 17.6. The van der Waals surface area contributed by atoms with E-state index in [0.29, 0.717) is 17.1 Å². The summed E-state index contributed by atoms with van der Waals surface area (Å²) in [5, 5.41) is 10.6. The Hall–Kier alpha value is -1.59. The van der Waals surface area contributed by atoms with Crippen LogP contribution in [0.1, 0.15) is 16.7 Å². The lowest BCUT2D eigenvalue weighted by atomic mass is 10.1. The number of phenolic OH excluding ortho intramolecular Hbond substituents is 1. The Morgan fingerprint density at radius 1 is 1.08 bits per heavy atom. The van der Waals surface area contributed by atoms with Crippen LogP contribution in [0.25, 0.3) is 0 Å². The predicted octanol–water partition coefficient (Wildman–Crippen LogP) is 4.15. The quantitative estimate of drug-likeness (QED) is 0.794. The average molecular weight is 379 g/mol. The zero-order valence-corrected chi connectivity index (χ0v) is 15.3. The number of rotatable bonds is 5. The number of aromatic hydroxyl groups is 1. The number of ether oxygens (including phenoxy) is 1. The molecule has 1 fully saturated rings. The third-order valence-electron chi connectivity index (χ3n) is 4.09. The van der Waals surface area contributed by atoms with Gasteiger partial charge in [0, 0.05) is 36.4 Å². The number of aliphatic imine (C=N–C) groups is 1. The van der Waals surface area contributed by atoms with Gasteiger partial charge in [-0.25, -0.2) is 0 Å². The highest BCUT2D eigenvalue weighted by molar-refractivity contribution is 6.36. The normalized spacial score (nSPS) is 15.8. The minimum absolute atomic E-state index is 0.00400. The van der Waals surface area contributed by atoms with E-state index in [0.717, 1.165) is 38.4 Å². The highest BCUT2D eigenvalue weighted by Gasteiger charge is 2.10. The van der Waals surface area contributed by atoms with Crippen molar-refractivity contribution in [2.45, 2.75) is 13.1 Å². The Kier molecular flexibility index (Phi) is 6.32. The Balaban J connectivity index is 1.58. The van der Waals surface area contributed by atoms with Gasteiger partial charge in [0.25, 0.3) is 0 Å². The van der Waals surface area contributed by atoms with Crippen LogP contribution in [0, 0.1) is 0 Å². The number of phenols is 1. The van der Waals surface area contributed by atoms with Crippen molar-refractivity contribution >= 4 is 29.4 Å². The van der Waals surface area contributed by atoms with Crippen LogP contribution >= 0.6 is 23.2 Å². The number of hydrogen-bond acceptors (Lipinski definition) is 4. The fourth-order valence-electron chi connectivity index (χ4n) is 2.70. The van der Waals surface area contributed by atoms with Crippen molar-refractivity contribution in [3.63, 3.8) is 0 Å². The van der Waals surface area contributed by atoms with Crippen molar-refractivity contribution in [2.24, 2.45) is 4.99 Å². The van der Waals surface area contributed by atoms with E-state index in [1.54, 1.807) is 12.3 Å². The summed E-state index contributed by atoms with van der Waals surface area (Å²) in [6.07, 6.45) is 1.59. The molecule has 0 amide bonds. The first-order valence-electron chi connectivity index (χ1n) is 8.17. The lowest BCUT2D eigenvalue weighted by molar-refractivity contribution is 0.0342. The van der Waals surface area contributed by atoms with E-state index in [4.69, 9.17) is 27.9 Å². The topological polar surface area (TPSA) is 45.1 Å². The summed E-state index contributed by atoms with van der Waals surface area (Å²) in [5.74, 6) is -0.00400. The second-order valence-corrected chi connectivity index (χ2v) is 6.84. The number of nitrogens with zero attached hydrogens (tertiary/aromatic N) is 2. The molecule has 0 bridgehead atoms. The van der Waals surface area contributed by atoms with Gasteiger partial charge < -0.3 is 9.84 Å². The van der Waals surface area contributed by atoms with Crippen LogP contribution in [0.5, 0.6) is 5.75 Å². The molecule has 0 aromatic heterocycles. The van der Waals surface area contributed by atoms with Gasteiger partial charge in [0.1, 0.15) is 5.75 Å². The molecule has 0 aliphatic carbocycles. The van der Waals surface area contributed by atoms with Crippen LogP contribution in [-0.4, -0.2) is 42.5 Å². The average Bonchev–Trinajstić information content (AvgIpc) is 2.61. The first-order chi connectivity index (χ1) is 12.1. The Morgan fingerprint density at radius 2 is 1.76 bits per heavy atom. The van der Waals surface area contributed by atoms with Gasteiger partial charge in [0.05, 0.1) is 24.8 Å². The molecule has 1 N–H and O–H groups in total. The van der Waals surface area contributed by atoms with Gasteiger partial charge in [-0.2, -0.15) is 0 Å². The fraction of sp³-hybridized carbons (Fsp3) is 0.316. The van der Waals surface area contributed by atoms with E-state index in [-0.39, 0.29) is 10.8 Å². The van der Waals surface area contributed by atoms with Crippen molar-refractivity contribution in [1.82, 2.24) is 4.90 Å². The summed E-state index contributed by atoms with van der Waals surface area (Å²) >= 11 is 11.9. The summed E-state index contributed by atoms with van der Waals surface area (Å²) < 4.78 is 5.37. The van der Waals surface area contributed by atoms with Crippen molar-refractivity contribution in [1.29, 1.82) is 0 Å². The Bertz CT molecular complexity index is 742. The minimum atomic E-state index is -0.00400. The van der Waals surface area contributed by atoms with Crippen molar-refractivity contribution in [3.8, 4) is 5.75 Å². The second kappa shape index (κ2) is 8.68. The molecule has 0 atom stereocenters. The smallest absolute Gasteiger partial charge is 0.143 e. The summed E-state index contributed by atoms with van der Waals surface area (Å²) in [6, 6.07) is 11.6. The predicted molar refractivity (Wildman–Crippen MR) is 102 cm³/mol. The number of hydrogen-bond donors (Lipinski definition) is 1. The monoisotopic (exact) mass is 378 g/mol. The minimum Gasteiger partial charge on any atom is -0.506 e. The van der Waals surface area contributed by atoms with E-state index in [2.05, 4.69) is 34.2 Å². The van der Waals surface area contributed by atoms with E-state index in [1.807, 2.05) is 0 Å². The van der Waals surface area contributed by atoms with Gasteiger partial charge in [-0.3, -0.25) is 9.89 Å². The molecule has 2 aromatic rings. The van der Waals surface area contributed by atoms with Gasteiger partial charge in [-0.05, 0) is 23.3 Å². The molecule has 132 valence electrons. The van der Waals surface area contributed by atoms with Gasteiger partial charge in [-0.1, -0.05) is 47.5 Å². The summed E-state index contributed by atoms with van der Waals surface area (Å²) in [6.45, 7) is 5.07. The second-order valence-electron chi connectivity index (χ2n) is 6.00. The lowest BCUT2D eigenvalue weighted by Crippen LogP contribution is -2.35. The van der Waals surface area contributed by atoms with Crippen LogP contribution in [-0.2, 0) is 17.8 Å². The molecule has 1 aliphatic heterocycles. The van der Waals surface area contributed by atoms with Crippen LogP contribution < -0.4 is 0 Å². The third-order valence-corrected chi connectivity index (χ3v) is 4.60. The standard InChI is InChI=1S/C19H20Cl2N2O2/c20-17-9-16(19(24)18(21)10-17)12-22-11-14-1-3-15(4-2-14)13-23-5-7-25-8-6-23/h1-4,9-10,12,24H,5-8,11,13H2. The highest BCUT2D eigenvalue weighted by atomic mass is 35.5. The van der Waals surface area contributed by atoms with Crippen molar-refractivity contribution in [2.75, 3.05) is 26.3 Å². The molecule has 1 saturated heterocycles. The maximum Gasteiger partial charge on any atom is 0.143 e. The maximum absolute atomic E-state index is 9.92. The molecular weight excluding hydrogens is 359 g/mol. The molecule has 2 aromatic carbocycles. The van der Waals surface area contributed by atoms with Gasteiger partial charge in [-0.15, -0.1) is 0 Å². The highest BCUT2D eigenvalue weighted by Crippen LogP contribution is 2.30. The molecule has 0 radical (unpaired) electrons. The Labute approximate surface area is 157 Å². The molecule has 0 spiro atoms. The largest absolute Gasteiger partial charge is 0.506 e. The summed E-state index contributed by atoms with van der Waals surface area (Å²) in [4.78, 5) is 6.76. The van der Waals surface area contributed by atoms with Gasteiger partial charge in [0.2, 0.25) is 0 Å². The summed E-state index contributed by atoms with van der Waals surface area (Å²) in [7, 11) is 0. The van der Waals surface area contributed by atoms with Crippen LogP contribution in [0.2, 0.25) is 10.0 Å². The van der Waals surface area contributed by atoms with Crippen molar-refractivity contribution in [3.05, 3.63) is 63.1 Å². The van der Waals surface area contributed by atoms with Gasteiger partial charge >= 0.3 is 0 Å². The fourth-order valence-corrected chi connectivity index (χ4v) is 3.21. The number of morpholine rings is 1. The van der Waals surface area contributed by atoms with E-state index in [1.165, 1.54) is 11.6 Å². The molecule has 0 saturated carbocycles. The first kappa shape index (κ1) is 18.2. The third kappa shape index (κ3) is 5.19.